The van der Waals surface area contributed by atoms with E-state index in [1.165, 1.54) is 6.07 Å². The molecule has 24 heavy (non-hydrogen) atoms. The minimum Gasteiger partial charge on any atom is -0.377 e. The fourth-order valence-electron chi connectivity index (χ4n) is 3.04. The van der Waals surface area contributed by atoms with E-state index in [1.807, 2.05) is 6.08 Å². The van der Waals surface area contributed by atoms with E-state index in [2.05, 4.69) is 9.71 Å². The predicted octanol–water partition coefficient (Wildman–Crippen LogP) is 2.69. The van der Waals surface area contributed by atoms with Crippen LogP contribution < -0.4 is 4.72 Å². The van der Waals surface area contributed by atoms with Gasteiger partial charge >= 0.3 is 0 Å². The van der Waals surface area contributed by atoms with E-state index in [9.17, 15) is 12.8 Å². The molecule has 7 heteroatoms. The van der Waals surface area contributed by atoms with Gasteiger partial charge in [-0.15, -0.1) is 0 Å². The van der Waals surface area contributed by atoms with Gasteiger partial charge in [0.05, 0.1) is 18.5 Å². The van der Waals surface area contributed by atoms with Gasteiger partial charge in [0.2, 0.25) is 10.0 Å². The van der Waals surface area contributed by atoms with Gasteiger partial charge in [-0.3, -0.25) is 0 Å². The Hall–Kier alpha value is -1.70. The number of H-pyrrole nitrogens is 1. The van der Waals surface area contributed by atoms with Crippen LogP contribution in [0.25, 0.3) is 16.5 Å². The summed E-state index contributed by atoms with van der Waals surface area (Å²) in [7, 11) is -3.25. The third kappa shape index (κ3) is 2.99. The third-order valence-electron chi connectivity index (χ3n) is 4.59. The van der Waals surface area contributed by atoms with E-state index in [1.54, 1.807) is 12.3 Å². The Morgan fingerprint density at radius 1 is 1.33 bits per heavy atom. The molecule has 0 atom stereocenters. The second-order valence-electron chi connectivity index (χ2n) is 6.31. The Morgan fingerprint density at radius 2 is 2.17 bits per heavy atom. The number of sulfonamides is 1. The maximum Gasteiger partial charge on any atom is 0.214 e. The summed E-state index contributed by atoms with van der Waals surface area (Å²) in [5, 5.41) is 0.453. The molecule has 1 fully saturated rings. The lowest BCUT2D eigenvalue weighted by Crippen LogP contribution is -2.26. The van der Waals surface area contributed by atoms with Gasteiger partial charge in [0.25, 0.3) is 0 Å². The van der Waals surface area contributed by atoms with E-state index in [0.717, 1.165) is 29.5 Å². The number of rotatable bonds is 5. The normalized spacial score (nSPS) is 18.8. The Morgan fingerprint density at radius 3 is 2.88 bits per heavy atom. The average molecular weight is 350 g/mol. The molecule has 0 spiro atoms. The van der Waals surface area contributed by atoms with Crippen molar-refractivity contribution in [3.8, 4) is 0 Å². The van der Waals surface area contributed by atoms with Crippen molar-refractivity contribution in [2.24, 2.45) is 0 Å². The summed E-state index contributed by atoms with van der Waals surface area (Å²) in [6.07, 6.45) is 5.78. The van der Waals surface area contributed by atoms with Crippen molar-refractivity contribution in [1.82, 2.24) is 9.71 Å². The van der Waals surface area contributed by atoms with E-state index in [-0.39, 0.29) is 17.6 Å². The number of benzene rings is 1. The molecular formula is C17H19FN2O3S. The standard InChI is InChI=1S/C17H19FN2O3S/c18-16-7-15-12(10-20-24(21,22)13-1-2-13)9-19-17(15)8-14(16)11-3-5-23-6-4-11/h3,7-9,13,19-20H,1-2,4-6,10H2. The third-order valence-corrected chi connectivity index (χ3v) is 6.49. The largest absolute Gasteiger partial charge is 0.377 e. The van der Waals surface area contributed by atoms with Crippen molar-refractivity contribution in [3.63, 3.8) is 0 Å². The zero-order valence-electron chi connectivity index (χ0n) is 13.1. The fourth-order valence-corrected chi connectivity index (χ4v) is 4.39. The highest BCUT2D eigenvalue weighted by atomic mass is 32.2. The molecule has 1 aromatic carbocycles. The number of fused-ring (bicyclic) bond motifs is 1. The molecular weight excluding hydrogens is 331 g/mol. The molecule has 4 rings (SSSR count). The van der Waals surface area contributed by atoms with Crippen LogP contribution in [0.5, 0.6) is 0 Å². The highest BCUT2D eigenvalue weighted by molar-refractivity contribution is 7.90. The van der Waals surface area contributed by atoms with E-state index < -0.39 is 10.0 Å². The van der Waals surface area contributed by atoms with Gasteiger partial charge in [0.15, 0.2) is 0 Å². The van der Waals surface area contributed by atoms with Crippen molar-refractivity contribution < 1.29 is 17.5 Å². The van der Waals surface area contributed by atoms with Gasteiger partial charge in [-0.1, -0.05) is 6.08 Å². The molecule has 2 aromatic rings. The molecule has 2 N–H and O–H groups in total. The van der Waals surface area contributed by atoms with Gasteiger partial charge < -0.3 is 9.72 Å². The van der Waals surface area contributed by atoms with Gasteiger partial charge in [0.1, 0.15) is 5.82 Å². The topological polar surface area (TPSA) is 71.2 Å². The van der Waals surface area contributed by atoms with Gasteiger partial charge in [-0.25, -0.2) is 17.5 Å². The summed E-state index contributed by atoms with van der Waals surface area (Å²) in [4.78, 5) is 3.12. The van der Waals surface area contributed by atoms with E-state index >= 15 is 0 Å². The lowest BCUT2D eigenvalue weighted by molar-refractivity contribution is 0.161. The van der Waals surface area contributed by atoms with Crippen molar-refractivity contribution in [2.45, 2.75) is 31.1 Å². The number of halogens is 1. The summed E-state index contributed by atoms with van der Waals surface area (Å²) in [6, 6.07) is 3.28. The lowest BCUT2D eigenvalue weighted by Gasteiger charge is -2.14. The molecule has 0 bridgehead atoms. The Labute approximate surface area is 139 Å². The molecule has 0 radical (unpaired) electrons. The minimum atomic E-state index is -3.25. The van der Waals surface area contributed by atoms with Crippen molar-refractivity contribution >= 4 is 26.5 Å². The maximum absolute atomic E-state index is 14.5. The summed E-state index contributed by atoms with van der Waals surface area (Å²) >= 11 is 0. The molecule has 0 amide bonds. The first kappa shape index (κ1) is 15.8. The quantitative estimate of drug-likeness (QED) is 0.871. The summed E-state index contributed by atoms with van der Waals surface area (Å²) in [5.41, 5.74) is 3.09. The van der Waals surface area contributed by atoms with Crippen molar-refractivity contribution in [2.75, 3.05) is 13.2 Å². The Bertz CT molecular complexity index is 913. The van der Waals surface area contributed by atoms with Gasteiger partial charge in [0, 0.05) is 29.2 Å². The molecule has 1 aliphatic heterocycles. The monoisotopic (exact) mass is 350 g/mol. The van der Waals surface area contributed by atoms with Crippen molar-refractivity contribution in [3.05, 3.63) is 41.3 Å². The molecule has 0 saturated heterocycles. The molecule has 1 aliphatic carbocycles. The van der Waals surface area contributed by atoms with Crippen LogP contribution in [-0.4, -0.2) is 31.9 Å². The van der Waals surface area contributed by atoms with E-state index in [4.69, 9.17) is 4.74 Å². The second kappa shape index (κ2) is 5.98. The highest BCUT2D eigenvalue weighted by Crippen LogP contribution is 2.30. The van der Waals surface area contributed by atoms with Crippen LogP contribution in [-0.2, 0) is 21.3 Å². The van der Waals surface area contributed by atoms with Crippen LogP contribution in [0.1, 0.15) is 30.4 Å². The molecule has 5 nitrogen and oxygen atoms in total. The number of ether oxygens (including phenoxy) is 1. The summed E-state index contributed by atoms with van der Waals surface area (Å²) < 4.78 is 46.3. The number of aromatic nitrogens is 1. The minimum absolute atomic E-state index is 0.175. The molecule has 0 unspecified atom stereocenters. The summed E-state index contributed by atoms with van der Waals surface area (Å²) in [5.74, 6) is -0.290. The first-order valence-electron chi connectivity index (χ1n) is 8.10. The molecule has 1 aromatic heterocycles. The number of hydrogen-bond acceptors (Lipinski definition) is 3. The number of hydrogen-bond donors (Lipinski definition) is 2. The van der Waals surface area contributed by atoms with Crippen LogP contribution in [0.3, 0.4) is 0 Å². The Kier molecular flexibility index (Phi) is 3.94. The molecule has 2 aliphatic rings. The maximum atomic E-state index is 14.5. The lowest BCUT2D eigenvalue weighted by atomic mass is 9.99. The SMILES string of the molecule is O=S(=O)(NCc1c[nH]c2cc(C3=CCOCC3)c(F)cc12)C1CC1. The van der Waals surface area contributed by atoms with Crippen LogP contribution in [0.15, 0.2) is 24.4 Å². The first-order valence-corrected chi connectivity index (χ1v) is 9.64. The van der Waals surface area contributed by atoms with Crippen LogP contribution in [0.4, 0.5) is 4.39 Å². The van der Waals surface area contributed by atoms with Crippen molar-refractivity contribution in [1.29, 1.82) is 0 Å². The van der Waals surface area contributed by atoms with Crippen LogP contribution in [0, 0.1) is 5.82 Å². The van der Waals surface area contributed by atoms with Gasteiger partial charge in [-0.05, 0) is 42.5 Å². The van der Waals surface area contributed by atoms with Gasteiger partial charge in [-0.2, -0.15) is 0 Å². The second-order valence-corrected chi connectivity index (χ2v) is 8.36. The van der Waals surface area contributed by atoms with Crippen LogP contribution in [0.2, 0.25) is 0 Å². The zero-order chi connectivity index (χ0) is 16.7. The highest BCUT2D eigenvalue weighted by Gasteiger charge is 2.35. The Balaban J connectivity index is 1.62. The zero-order valence-corrected chi connectivity index (χ0v) is 14.0. The first-order chi connectivity index (χ1) is 11.5. The smallest absolute Gasteiger partial charge is 0.214 e. The molecule has 128 valence electrons. The molecule has 2 heterocycles. The fraction of sp³-hybridized carbons (Fsp3) is 0.412. The number of nitrogens with one attached hydrogen (secondary N) is 2. The van der Waals surface area contributed by atoms with E-state index in [0.29, 0.717) is 30.6 Å². The average Bonchev–Trinajstić information content (AvgIpc) is 3.37. The van der Waals surface area contributed by atoms with Crippen LogP contribution >= 0.6 is 0 Å². The number of aromatic amines is 1. The predicted molar refractivity (Wildman–Crippen MR) is 90.5 cm³/mol. The summed E-state index contributed by atoms with van der Waals surface area (Å²) in [6.45, 7) is 1.28. The molecule has 1 saturated carbocycles.